The minimum absolute atomic E-state index is 0.0741. The van der Waals surface area contributed by atoms with Crippen molar-refractivity contribution in [1.29, 1.82) is 0 Å². The molecule has 0 aliphatic rings. The maximum absolute atomic E-state index is 11.2. The lowest BCUT2D eigenvalue weighted by molar-refractivity contribution is -0.385. The Morgan fingerprint density at radius 2 is 2.32 bits per heavy atom. The Balaban J connectivity index is 2.23. The van der Waals surface area contributed by atoms with E-state index in [2.05, 4.69) is 15.0 Å². The average Bonchev–Trinajstić information content (AvgIpc) is 2.97. The topological polar surface area (TPSA) is 142 Å². The molecule has 0 amide bonds. The molecule has 0 fully saturated rings. The number of nitrogens with one attached hydrogen (secondary N) is 1. The van der Waals surface area contributed by atoms with Gasteiger partial charge in [0, 0.05) is 36.2 Å². The number of aromatic nitrogens is 2. The Morgan fingerprint density at radius 3 is 2.91 bits per heavy atom. The fourth-order valence-corrected chi connectivity index (χ4v) is 1.78. The molecule has 1 aromatic heterocycles. The number of imidazole rings is 1. The van der Waals surface area contributed by atoms with Gasteiger partial charge in [0.25, 0.3) is 0 Å². The van der Waals surface area contributed by atoms with Gasteiger partial charge in [-0.3, -0.25) is 15.1 Å². The van der Waals surface area contributed by atoms with E-state index in [1.54, 1.807) is 0 Å². The van der Waals surface area contributed by atoms with E-state index >= 15 is 0 Å². The first kappa shape index (κ1) is 15.2. The first-order valence-corrected chi connectivity index (χ1v) is 6.18. The van der Waals surface area contributed by atoms with E-state index in [9.17, 15) is 20.0 Å². The van der Waals surface area contributed by atoms with Crippen LogP contribution >= 0.6 is 0 Å². The van der Waals surface area contributed by atoms with Gasteiger partial charge in [-0.25, -0.2) is 9.78 Å². The molecule has 1 unspecified atom stereocenters. The minimum atomic E-state index is -1.16. The molecule has 2 rings (SSSR count). The largest absolute Gasteiger partial charge is 0.502 e. The molecule has 114 valence electrons. The van der Waals surface area contributed by atoms with Gasteiger partial charge in [0.2, 0.25) is 5.75 Å². The third-order valence-electron chi connectivity index (χ3n) is 2.89. The number of carboxylic acids is 1. The molecule has 2 aromatic rings. The summed E-state index contributed by atoms with van der Waals surface area (Å²) in [5.41, 5.74) is 0.197. The molecule has 1 heterocycles. The van der Waals surface area contributed by atoms with Gasteiger partial charge in [0.05, 0.1) is 11.3 Å². The lowest BCUT2D eigenvalue weighted by Gasteiger charge is -2.06. The van der Waals surface area contributed by atoms with Crippen LogP contribution in [0.4, 0.5) is 5.69 Å². The SMILES string of the molecule is O=C(O)C(Cc1cnc[nH]1)N=Cc1cccc([N+](=O)[O-])c1O. The maximum atomic E-state index is 11.2. The highest BCUT2D eigenvalue weighted by Gasteiger charge is 2.19. The van der Waals surface area contributed by atoms with Crippen molar-refractivity contribution < 1.29 is 19.9 Å². The van der Waals surface area contributed by atoms with Gasteiger partial charge >= 0.3 is 11.7 Å². The monoisotopic (exact) mass is 304 g/mol. The summed E-state index contributed by atoms with van der Waals surface area (Å²) in [6.45, 7) is 0. The summed E-state index contributed by atoms with van der Waals surface area (Å²) in [7, 11) is 0. The Labute approximate surface area is 124 Å². The zero-order valence-electron chi connectivity index (χ0n) is 11.2. The highest BCUT2D eigenvalue weighted by Crippen LogP contribution is 2.28. The van der Waals surface area contributed by atoms with E-state index < -0.39 is 28.4 Å². The molecule has 0 aliphatic heterocycles. The number of aliphatic imine (C=N–C) groups is 1. The van der Waals surface area contributed by atoms with Gasteiger partial charge in [0.1, 0.15) is 0 Å². The molecule has 1 atom stereocenters. The van der Waals surface area contributed by atoms with Crippen molar-refractivity contribution in [3.05, 3.63) is 52.1 Å². The number of carboxylic acid groups (broad SMARTS) is 1. The zero-order valence-corrected chi connectivity index (χ0v) is 11.2. The Hall–Kier alpha value is -3.23. The first-order valence-electron chi connectivity index (χ1n) is 6.18. The van der Waals surface area contributed by atoms with Crippen LogP contribution in [0.1, 0.15) is 11.3 Å². The first-order chi connectivity index (χ1) is 10.5. The van der Waals surface area contributed by atoms with Gasteiger partial charge in [-0.2, -0.15) is 0 Å². The number of benzene rings is 1. The number of hydrogen-bond donors (Lipinski definition) is 3. The number of hydrogen-bond acceptors (Lipinski definition) is 6. The summed E-state index contributed by atoms with van der Waals surface area (Å²) < 4.78 is 0. The number of phenols is 1. The number of H-pyrrole nitrogens is 1. The molecular formula is C13H12N4O5. The number of nitrogens with zero attached hydrogens (tertiary/aromatic N) is 3. The van der Waals surface area contributed by atoms with E-state index in [4.69, 9.17) is 5.11 Å². The Bertz CT molecular complexity index is 711. The molecule has 0 spiro atoms. The predicted octanol–water partition coefficient (Wildman–Crippen LogP) is 1.14. The molecule has 0 radical (unpaired) electrons. The minimum Gasteiger partial charge on any atom is -0.502 e. The zero-order chi connectivity index (χ0) is 16.1. The lowest BCUT2D eigenvalue weighted by atomic mass is 10.1. The summed E-state index contributed by atoms with van der Waals surface area (Å²) in [5.74, 6) is -1.71. The van der Waals surface area contributed by atoms with Crippen molar-refractivity contribution in [1.82, 2.24) is 9.97 Å². The number of aliphatic carboxylic acids is 1. The summed E-state index contributed by atoms with van der Waals surface area (Å²) >= 11 is 0. The molecule has 0 saturated carbocycles. The van der Waals surface area contributed by atoms with Crippen molar-refractivity contribution in [2.24, 2.45) is 4.99 Å². The van der Waals surface area contributed by atoms with Gasteiger partial charge < -0.3 is 15.2 Å². The number of phenolic OH excluding ortho intramolecular Hbond substituents is 1. The standard InChI is InChI=1S/C13H12N4O5/c18-12-8(2-1-3-11(12)17(21)22)5-15-10(13(19)20)4-9-6-14-7-16-9/h1-3,5-7,10,18H,4H2,(H,14,16)(H,19,20). The van der Waals surface area contributed by atoms with E-state index in [0.29, 0.717) is 5.69 Å². The van der Waals surface area contributed by atoms with Crippen LogP contribution < -0.4 is 0 Å². The second-order valence-electron chi connectivity index (χ2n) is 4.39. The fraction of sp³-hybridized carbons (Fsp3) is 0.154. The van der Waals surface area contributed by atoms with E-state index in [0.717, 1.165) is 12.3 Å². The summed E-state index contributed by atoms with van der Waals surface area (Å²) in [6, 6.07) is 2.83. The highest BCUT2D eigenvalue weighted by atomic mass is 16.6. The summed E-state index contributed by atoms with van der Waals surface area (Å²) in [4.78, 5) is 31.6. The number of nitro benzene ring substituents is 1. The van der Waals surface area contributed by atoms with Crippen molar-refractivity contribution in [2.75, 3.05) is 0 Å². The van der Waals surface area contributed by atoms with Crippen molar-refractivity contribution in [3.8, 4) is 5.75 Å². The van der Waals surface area contributed by atoms with Crippen molar-refractivity contribution in [2.45, 2.75) is 12.5 Å². The van der Waals surface area contributed by atoms with Crippen LogP contribution in [0, 0.1) is 10.1 Å². The molecule has 3 N–H and O–H groups in total. The summed E-state index contributed by atoms with van der Waals surface area (Å²) in [5, 5.41) is 29.6. The van der Waals surface area contributed by atoms with Crippen LogP contribution in [0.15, 0.2) is 35.7 Å². The van der Waals surface area contributed by atoms with Gasteiger partial charge in [-0.15, -0.1) is 0 Å². The number of nitro groups is 1. The third-order valence-corrected chi connectivity index (χ3v) is 2.89. The number of aromatic hydroxyl groups is 1. The second-order valence-corrected chi connectivity index (χ2v) is 4.39. The molecule has 9 nitrogen and oxygen atoms in total. The number of aromatic amines is 1. The smallest absolute Gasteiger partial charge is 0.328 e. The summed E-state index contributed by atoms with van der Waals surface area (Å²) in [6.07, 6.45) is 4.10. The van der Waals surface area contributed by atoms with Crippen LogP contribution in [-0.4, -0.2) is 43.3 Å². The Morgan fingerprint density at radius 1 is 1.55 bits per heavy atom. The normalized spacial score (nSPS) is 12.4. The molecule has 22 heavy (non-hydrogen) atoms. The van der Waals surface area contributed by atoms with Gasteiger partial charge in [0.15, 0.2) is 6.04 Å². The quantitative estimate of drug-likeness (QED) is 0.415. The third kappa shape index (κ3) is 3.45. The molecule has 0 saturated heterocycles. The number of para-hydroxylation sites is 1. The Kier molecular flexibility index (Phi) is 4.47. The van der Waals surface area contributed by atoms with Crippen LogP contribution in [0.5, 0.6) is 5.75 Å². The maximum Gasteiger partial charge on any atom is 0.328 e. The van der Waals surface area contributed by atoms with E-state index in [1.165, 1.54) is 24.7 Å². The number of carbonyl (C=O) groups is 1. The van der Waals surface area contributed by atoms with Crippen LogP contribution in [-0.2, 0) is 11.2 Å². The van der Waals surface area contributed by atoms with Crippen LogP contribution in [0.2, 0.25) is 0 Å². The molecule has 0 bridgehead atoms. The predicted molar refractivity (Wildman–Crippen MR) is 76.1 cm³/mol. The van der Waals surface area contributed by atoms with Crippen LogP contribution in [0.3, 0.4) is 0 Å². The van der Waals surface area contributed by atoms with E-state index in [1.807, 2.05) is 0 Å². The van der Waals surface area contributed by atoms with Crippen molar-refractivity contribution in [3.63, 3.8) is 0 Å². The van der Waals surface area contributed by atoms with E-state index in [-0.39, 0.29) is 12.0 Å². The average molecular weight is 304 g/mol. The molecule has 1 aromatic carbocycles. The van der Waals surface area contributed by atoms with Gasteiger partial charge in [-0.1, -0.05) is 6.07 Å². The second kappa shape index (κ2) is 6.48. The highest BCUT2D eigenvalue weighted by molar-refractivity contribution is 5.87. The lowest BCUT2D eigenvalue weighted by Crippen LogP contribution is -2.21. The molecule has 9 heteroatoms. The van der Waals surface area contributed by atoms with Crippen LogP contribution in [0.25, 0.3) is 0 Å². The fourth-order valence-electron chi connectivity index (χ4n) is 1.78. The molecular weight excluding hydrogens is 292 g/mol. The number of rotatable bonds is 6. The van der Waals surface area contributed by atoms with Gasteiger partial charge in [-0.05, 0) is 6.07 Å². The molecule has 0 aliphatic carbocycles. The van der Waals surface area contributed by atoms with Crippen molar-refractivity contribution >= 4 is 17.9 Å².